The van der Waals surface area contributed by atoms with Crippen LogP contribution in [-0.4, -0.2) is 23.9 Å². The van der Waals surface area contributed by atoms with Crippen molar-refractivity contribution in [2.75, 3.05) is 19.6 Å². The summed E-state index contributed by atoms with van der Waals surface area (Å²) < 4.78 is 2.06. The molecule has 1 aliphatic heterocycles. The van der Waals surface area contributed by atoms with Gasteiger partial charge in [-0.05, 0) is 25.3 Å². The van der Waals surface area contributed by atoms with Crippen LogP contribution in [0, 0.1) is 5.92 Å². The van der Waals surface area contributed by atoms with E-state index in [1.54, 1.807) is 0 Å². The van der Waals surface area contributed by atoms with Gasteiger partial charge in [0.2, 0.25) is 0 Å². The highest BCUT2D eigenvalue weighted by atomic mass is 32.1. The second kappa shape index (κ2) is 3.44. The average Bonchev–Trinajstić information content (AvgIpc) is 1.88. The Balaban J connectivity index is 2.23. The lowest BCUT2D eigenvalue weighted by molar-refractivity contribution is 0.293. The summed E-state index contributed by atoms with van der Waals surface area (Å²) in [5.74, 6) is 0.691. The highest BCUT2D eigenvalue weighted by Gasteiger charge is 2.15. The molecule has 1 saturated heterocycles. The van der Waals surface area contributed by atoms with Gasteiger partial charge in [0.15, 0.2) is 0 Å². The van der Waals surface area contributed by atoms with E-state index < -0.39 is 0 Å². The molecule has 0 spiro atoms. The van der Waals surface area contributed by atoms with E-state index in [2.05, 4.69) is 17.1 Å². The van der Waals surface area contributed by atoms with Crippen LogP contribution < -0.4 is 5.73 Å². The van der Waals surface area contributed by atoms with Crippen LogP contribution in [-0.2, 0) is 0 Å². The number of nitrogens with zero attached hydrogens (tertiary/aromatic N) is 1. The summed E-state index contributed by atoms with van der Waals surface area (Å²) in [5, 5.41) is 0. The molecule has 1 unspecified atom stereocenters. The van der Waals surface area contributed by atoms with E-state index in [1.165, 1.54) is 12.8 Å². The Morgan fingerprint density at radius 3 is 2.89 bits per heavy atom. The van der Waals surface area contributed by atoms with E-state index in [-0.39, 0.29) is 0 Å². The van der Waals surface area contributed by atoms with Crippen molar-refractivity contribution in [3.8, 4) is 0 Å². The van der Waals surface area contributed by atoms with Crippen molar-refractivity contribution < 1.29 is 0 Å². The normalized spacial score (nSPS) is 30.7. The van der Waals surface area contributed by atoms with Crippen molar-refractivity contribution >= 4 is 12.8 Å². The van der Waals surface area contributed by atoms with Crippen molar-refractivity contribution in [3.63, 3.8) is 0 Å². The van der Waals surface area contributed by atoms with Gasteiger partial charge in [0.05, 0.1) is 0 Å². The molecule has 0 aliphatic carbocycles. The molecule has 1 atom stereocenters. The number of hydrogen-bond donors (Lipinski definition) is 2. The summed E-state index contributed by atoms with van der Waals surface area (Å²) in [4.78, 5) is 0. The van der Waals surface area contributed by atoms with Gasteiger partial charge in [-0.3, -0.25) is 4.31 Å². The SMILES string of the molecule is NCC1CCCN(S)C1. The third-order valence-electron chi connectivity index (χ3n) is 1.83. The molecular formula is C6H14N2S. The predicted octanol–water partition coefficient (Wildman–Crippen LogP) is 0.502. The van der Waals surface area contributed by atoms with Gasteiger partial charge in [-0.1, -0.05) is 12.8 Å². The largest absolute Gasteiger partial charge is 0.330 e. The van der Waals surface area contributed by atoms with Gasteiger partial charge in [0.25, 0.3) is 0 Å². The lowest BCUT2D eigenvalue weighted by Gasteiger charge is -2.27. The minimum atomic E-state index is 0.691. The highest BCUT2D eigenvalue weighted by Crippen LogP contribution is 2.15. The van der Waals surface area contributed by atoms with Crippen LogP contribution >= 0.6 is 12.8 Å². The molecule has 2 N–H and O–H groups in total. The Morgan fingerprint density at radius 1 is 1.67 bits per heavy atom. The molecule has 0 aromatic heterocycles. The van der Waals surface area contributed by atoms with Gasteiger partial charge in [0.1, 0.15) is 0 Å². The first-order valence-corrected chi connectivity index (χ1v) is 3.87. The molecule has 0 amide bonds. The number of thiol groups is 1. The zero-order chi connectivity index (χ0) is 6.69. The summed E-state index contributed by atoms with van der Waals surface area (Å²) in [6.07, 6.45) is 2.54. The lowest BCUT2D eigenvalue weighted by atomic mass is 10.0. The number of rotatable bonds is 1. The van der Waals surface area contributed by atoms with E-state index >= 15 is 0 Å². The summed E-state index contributed by atoms with van der Waals surface area (Å²) in [6, 6.07) is 0. The smallest absolute Gasteiger partial charge is 0.0127 e. The Labute approximate surface area is 61.9 Å². The molecular weight excluding hydrogens is 132 g/mol. The Hall–Kier alpha value is 0.270. The van der Waals surface area contributed by atoms with Crippen LogP contribution in [0.5, 0.6) is 0 Å². The fraction of sp³-hybridized carbons (Fsp3) is 1.00. The number of piperidine rings is 1. The summed E-state index contributed by atoms with van der Waals surface area (Å²) in [6.45, 7) is 3.01. The highest BCUT2D eigenvalue weighted by molar-refractivity contribution is 7.77. The first-order chi connectivity index (χ1) is 4.33. The van der Waals surface area contributed by atoms with Crippen molar-refractivity contribution in [1.82, 2.24) is 4.31 Å². The molecule has 54 valence electrons. The third-order valence-corrected chi connectivity index (χ3v) is 2.19. The quantitative estimate of drug-likeness (QED) is 0.528. The molecule has 1 heterocycles. The fourth-order valence-electron chi connectivity index (χ4n) is 1.24. The minimum Gasteiger partial charge on any atom is -0.330 e. The zero-order valence-corrected chi connectivity index (χ0v) is 6.48. The van der Waals surface area contributed by atoms with Crippen LogP contribution in [0.2, 0.25) is 0 Å². The fourth-order valence-corrected chi connectivity index (χ4v) is 1.61. The minimum absolute atomic E-state index is 0.691. The zero-order valence-electron chi connectivity index (χ0n) is 5.58. The van der Waals surface area contributed by atoms with E-state index in [0.717, 1.165) is 19.6 Å². The predicted molar refractivity (Wildman–Crippen MR) is 42.3 cm³/mol. The lowest BCUT2D eigenvalue weighted by Crippen LogP contribution is -2.32. The molecule has 2 nitrogen and oxygen atoms in total. The van der Waals surface area contributed by atoms with Crippen LogP contribution in [0.3, 0.4) is 0 Å². The Bertz CT molecular complexity index is 87.1. The summed E-state index contributed by atoms with van der Waals surface area (Å²) in [5.41, 5.74) is 5.50. The second-order valence-corrected chi connectivity index (χ2v) is 3.22. The van der Waals surface area contributed by atoms with Crippen LogP contribution in [0.4, 0.5) is 0 Å². The van der Waals surface area contributed by atoms with E-state index in [9.17, 15) is 0 Å². The van der Waals surface area contributed by atoms with Gasteiger partial charge in [0, 0.05) is 13.1 Å². The molecule has 1 fully saturated rings. The van der Waals surface area contributed by atoms with Gasteiger partial charge in [-0.15, -0.1) is 0 Å². The topological polar surface area (TPSA) is 29.3 Å². The van der Waals surface area contributed by atoms with E-state index in [1.807, 2.05) is 0 Å². The molecule has 0 aromatic rings. The van der Waals surface area contributed by atoms with Crippen molar-refractivity contribution in [2.45, 2.75) is 12.8 Å². The van der Waals surface area contributed by atoms with Crippen molar-refractivity contribution in [3.05, 3.63) is 0 Å². The molecule has 0 aromatic carbocycles. The Kier molecular flexibility index (Phi) is 2.82. The van der Waals surface area contributed by atoms with Gasteiger partial charge in [-0.2, -0.15) is 0 Å². The molecule has 0 saturated carbocycles. The third kappa shape index (κ3) is 2.16. The van der Waals surface area contributed by atoms with E-state index in [4.69, 9.17) is 5.73 Å². The molecule has 1 rings (SSSR count). The maximum atomic E-state index is 5.50. The molecule has 0 radical (unpaired) electrons. The van der Waals surface area contributed by atoms with Crippen molar-refractivity contribution in [2.24, 2.45) is 11.7 Å². The van der Waals surface area contributed by atoms with Gasteiger partial charge < -0.3 is 5.73 Å². The number of nitrogens with two attached hydrogens (primary N) is 1. The van der Waals surface area contributed by atoms with Crippen molar-refractivity contribution in [1.29, 1.82) is 0 Å². The molecule has 3 heteroatoms. The molecule has 0 bridgehead atoms. The molecule has 1 aliphatic rings. The summed E-state index contributed by atoms with van der Waals surface area (Å²) in [7, 11) is 0. The van der Waals surface area contributed by atoms with Gasteiger partial charge >= 0.3 is 0 Å². The molecule has 9 heavy (non-hydrogen) atoms. The maximum Gasteiger partial charge on any atom is 0.0127 e. The summed E-state index contributed by atoms with van der Waals surface area (Å²) >= 11 is 4.25. The Morgan fingerprint density at radius 2 is 2.44 bits per heavy atom. The standard InChI is InChI=1S/C6H14N2S/c7-4-6-2-1-3-8(9)5-6/h6,9H,1-5,7H2. The second-order valence-electron chi connectivity index (χ2n) is 2.66. The van der Waals surface area contributed by atoms with Gasteiger partial charge in [-0.25, -0.2) is 0 Å². The maximum absolute atomic E-state index is 5.50. The monoisotopic (exact) mass is 146 g/mol. The van der Waals surface area contributed by atoms with E-state index in [0.29, 0.717) is 5.92 Å². The average molecular weight is 146 g/mol. The number of hydrogen-bond acceptors (Lipinski definition) is 3. The first kappa shape index (κ1) is 7.38. The first-order valence-electron chi connectivity index (χ1n) is 3.47. The van der Waals surface area contributed by atoms with Crippen LogP contribution in [0.15, 0.2) is 0 Å². The van der Waals surface area contributed by atoms with Crippen LogP contribution in [0.1, 0.15) is 12.8 Å². The van der Waals surface area contributed by atoms with Crippen LogP contribution in [0.25, 0.3) is 0 Å².